The Labute approximate surface area is 144 Å². The average molecular weight is 346 g/mol. The molecule has 1 aliphatic heterocycles. The second kappa shape index (κ2) is 5.69. The number of hydrogen-bond acceptors (Lipinski definition) is 4. The lowest BCUT2D eigenvalue weighted by atomic mass is 10.0. The van der Waals surface area contributed by atoms with Crippen LogP contribution in [0.4, 0.5) is 10.1 Å². The third kappa shape index (κ3) is 2.57. The second-order valence-electron chi connectivity index (χ2n) is 7.47. The third-order valence-electron chi connectivity index (χ3n) is 5.63. The van der Waals surface area contributed by atoms with Crippen LogP contribution in [-0.4, -0.2) is 28.5 Å². The van der Waals surface area contributed by atoms with Gasteiger partial charge in [-0.25, -0.2) is 9.18 Å². The Balaban J connectivity index is 1.93. The highest BCUT2D eigenvalue weighted by Crippen LogP contribution is 2.42. The van der Waals surface area contributed by atoms with Crippen LogP contribution >= 0.6 is 0 Å². The number of aromatic amines is 1. The average Bonchev–Trinajstić information content (AvgIpc) is 3.25. The van der Waals surface area contributed by atoms with Crippen LogP contribution in [0.1, 0.15) is 43.2 Å². The number of nitrogens with zero attached hydrogens (tertiary/aromatic N) is 2. The second-order valence-corrected chi connectivity index (χ2v) is 7.47. The summed E-state index contributed by atoms with van der Waals surface area (Å²) in [6.45, 7) is 5.20. The molecule has 134 valence electrons. The summed E-state index contributed by atoms with van der Waals surface area (Å²) in [4.78, 5) is 28.9. The highest BCUT2D eigenvalue weighted by atomic mass is 19.1. The number of fused-ring (bicyclic) bond motifs is 1. The number of nitrogens with one attached hydrogen (secondary N) is 1. The molecule has 2 aliphatic rings. The predicted octanol–water partition coefficient (Wildman–Crippen LogP) is 1.49. The van der Waals surface area contributed by atoms with Gasteiger partial charge in [-0.05, 0) is 44.9 Å². The Hall–Kier alpha value is -2.15. The number of nitrogens with two attached hydrogens (primary N) is 1. The van der Waals surface area contributed by atoms with Gasteiger partial charge in [0.1, 0.15) is 0 Å². The topological polar surface area (TPSA) is 83.6 Å². The van der Waals surface area contributed by atoms with Gasteiger partial charge in [-0.2, -0.15) is 0 Å². The molecule has 0 amide bonds. The minimum Gasteiger partial charge on any atom is -0.368 e. The van der Waals surface area contributed by atoms with Crippen molar-refractivity contribution in [3.05, 3.63) is 44.0 Å². The molecule has 0 radical (unpaired) electrons. The molecule has 3 N–H and O–H groups in total. The molecule has 1 saturated heterocycles. The molecule has 25 heavy (non-hydrogen) atoms. The SMILES string of the molecule is Cc1c(N2CCC([C@H](C)N)C2)c(F)cn2c(=O)[nH]c(=O)c(C3CC3)c12. The summed E-state index contributed by atoms with van der Waals surface area (Å²) >= 11 is 0. The number of aryl methyl sites for hydroxylation is 1. The van der Waals surface area contributed by atoms with Gasteiger partial charge in [0.15, 0.2) is 5.82 Å². The van der Waals surface area contributed by atoms with Gasteiger partial charge in [0, 0.05) is 30.3 Å². The van der Waals surface area contributed by atoms with Crippen molar-refractivity contribution in [2.75, 3.05) is 18.0 Å². The maximum Gasteiger partial charge on any atom is 0.333 e. The number of hydrogen-bond donors (Lipinski definition) is 2. The molecule has 0 aromatic carbocycles. The van der Waals surface area contributed by atoms with Gasteiger partial charge >= 0.3 is 5.69 Å². The first-order chi connectivity index (χ1) is 11.9. The fourth-order valence-corrected chi connectivity index (χ4v) is 4.09. The van der Waals surface area contributed by atoms with Crippen molar-refractivity contribution in [3.8, 4) is 0 Å². The van der Waals surface area contributed by atoms with Gasteiger partial charge in [-0.1, -0.05) is 0 Å². The van der Waals surface area contributed by atoms with Crippen molar-refractivity contribution in [3.63, 3.8) is 0 Å². The van der Waals surface area contributed by atoms with Crippen molar-refractivity contribution in [2.24, 2.45) is 11.7 Å². The zero-order valence-electron chi connectivity index (χ0n) is 14.5. The lowest BCUT2D eigenvalue weighted by molar-refractivity contribution is 0.487. The molecule has 7 heteroatoms. The zero-order valence-corrected chi connectivity index (χ0v) is 14.5. The standard InChI is InChI=1S/C18H23FN4O2/c1-9-15(22-6-5-12(7-22)10(2)20)13(19)8-23-16(9)14(11-3-4-11)17(24)21-18(23)25/h8,10-12H,3-7,20H2,1-2H3,(H,21,24,25)/t10-,12?/m0/s1. The first-order valence-electron chi connectivity index (χ1n) is 8.86. The Morgan fingerprint density at radius 1 is 1.32 bits per heavy atom. The van der Waals surface area contributed by atoms with Crippen LogP contribution in [0.2, 0.25) is 0 Å². The number of H-pyrrole nitrogens is 1. The number of aromatic nitrogens is 2. The fraction of sp³-hybridized carbons (Fsp3) is 0.556. The van der Waals surface area contributed by atoms with E-state index in [9.17, 15) is 14.0 Å². The highest BCUT2D eigenvalue weighted by molar-refractivity contribution is 5.72. The number of pyridine rings is 1. The summed E-state index contributed by atoms with van der Waals surface area (Å²) in [5.74, 6) is 0.0391. The maximum atomic E-state index is 14.9. The lowest BCUT2D eigenvalue weighted by Crippen LogP contribution is -2.32. The van der Waals surface area contributed by atoms with Crippen LogP contribution < -0.4 is 21.9 Å². The zero-order chi connectivity index (χ0) is 17.9. The van der Waals surface area contributed by atoms with E-state index in [-0.39, 0.29) is 17.5 Å². The third-order valence-corrected chi connectivity index (χ3v) is 5.63. The minimum absolute atomic E-state index is 0.0568. The summed E-state index contributed by atoms with van der Waals surface area (Å²) < 4.78 is 16.1. The van der Waals surface area contributed by atoms with Gasteiger partial charge < -0.3 is 10.6 Å². The quantitative estimate of drug-likeness (QED) is 0.882. The molecule has 4 rings (SSSR count). The minimum atomic E-state index is -0.590. The number of halogens is 1. The predicted molar refractivity (Wildman–Crippen MR) is 94.9 cm³/mol. The molecule has 1 aliphatic carbocycles. The van der Waals surface area contributed by atoms with E-state index >= 15 is 0 Å². The first kappa shape index (κ1) is 16.3. The van der Waals surface area contributed by atoms with E-state index in [1.165, 1.54) is 10.6 Å². The van der Waals surface area contributed by atoms with Crippen molar-refractivity contribution < 1.29 is 4.39 Å². The lowest BCUT2D eigenvalue weighted by Gasteiger charge is -2.24. The van der Waals surface area contributed by atoms with Gasteiger partial charge in [0.2, 0.25) is 0 Å². The molecular formula is C18H23FN4O2. The van der Waals surface area contributed by atoms with Crippen LogP contribution in [0.25, 0.3) is 5.52 Å². The Bertz CT molecular complexity index is 958. The van der Waals surface area contributed by atoms with Crippen molar-refractivity contribution in [1.29, 1.82) is 0 Å². The summed E-state index contributed by atoms with van der Waals surface area (Å²) in [6, 6.07) is 0.0568. The number of anilines is 1. The van der Waals surface area contributed by atoms with E-state index in [1.807, 2.05) is 11.8 Å². The van der Waals surface area contributed by atoms with Crippen LogP contribution in [-0.2, 0) is 0 Å². The largest absolute Gasteiger partial charge is 0.368 e. The monoisotopic (exact) mass is 346 g/mol. The Morgan fingerprint density at radius 2 is 2.04 bits per heavy atom. The van der Waals surface area contributed by atoms with E-state index in [0.29, 0.717) is 34.8 Å². The van der Waals surface area contributed by atoms with Crippen LogP contribution in [0.3, 0.4) is 0 Å². The van der Waals surface area contributed by atoms with Gasteiger partial charge in [-0.3, -0.25) is 14.2 Å². The molecule has 2 atom stereocenters. The normalized spacial score (nSPS) is 21.9. The Kier molecular flexibility index (Phi) is 3.72. The van der Waals surface area contributed by atoms with E-state index < -0.39 is 11.5 Å². The van der Waals surface area contributed by atoms with Crippen LogP contribution in [0.5, 0.6) is 0 Å². The molecule has 6 nitrogen and oxygen atoms in total. The molecule has 2 aromatic heterocycles. The summed E-state index contributed by atoms with van der Waals surface area (Å²) in [5, 5.41) is 0. The summed E-state index contributed by atoms with van der Waals surface area (Å²) in [7, 11) is 0. The molecule has 0 spiro atoms. The van der Waals surface area contributed by atoms with Crippen molar-refractivity contribution in [2.45, 2.75) is 45.1 Å². The summed E-state index contributed by atoms with van der Waals surface area (Å²) in [5.41, 5.74) is 7.41. The van der Waals surface area contributed by atoms with Crippen molar-refractivity contribution in [1.82, 2.24) is 9.38 Å². The van der Waals surface area contributed by atoms with Gasteiger partial charge in [-0.15, -0.1) is 0 Å². The molecule has 3 heterocycles. The molecule has 2 fully saturated rings. The molecule has 0 bridgehead atoms. The molecular weight excluding hydrogens is 323 g/mol. The maximum absolute atomic E-state index is 14.9. The van der Waals surface area contributed by atoms with E-state index in [1.54, 1.807) is 6.92 Å². The smallest absolute Gasteiger partial charge is 0.333 e. The van der Waals surface area contributed by atoms with Gasteiger partial charge in [0.05, 0.1) is 17.4 Å². The Morgan fingerprint density at radius 3 is 2.64 bits per heavy atom. The summed E-state index contributed by atoms with van der Waals surface area (Å²) in [6.07, 6.45) is 3.99. The molecule has 1 unspecified atom stereocenters. The van der Waals surface area contributed by atoms with Crippen LogP contribution in [0, 0.1) is 18.7 Å². The fourth-order valence-electron chi connectivity index (χ4n) is 4.09. The van der Waals surface area contributed by atoms with E-state index in [2.05, 4.69) is 4.98 Å². The van der Waals surface area contributed by atoms with E-state index in [4.69, 9.17) is 5.73 Å². The molecule has 2 aromatic rings. The van der Waals surface area contributed by atoms with E-state index in [0.717, 1.165) is 25.8 Å². The van der Waals surface area contributed by atoms with Gasteiger partial charge in [0.25, 0.3) is 5.56 Å². The number of rotatable bonds is 3. The van der Waals surface area contributed by atoms with Crippen LogP contribution in [0.15, 0.2) is 15.8 Å². The molecule has 1 saturated carbocycles. The van der Waals surface area contributed by atoms with Crippen molar-refractivity contribution >= 4 is 11.2 Å². The first-order valence-corrected chi connectivity index (χ1v) is 8.86. The highest BCUT2D eigenvalue weighted by Gasteiger charge is 2.33.